The molecule has 0 unspecified atom stereocenters. The molecular formula is C19H19N3O4. The quantitative estimate of drug-likeness (QED) is 0.780. The zero-order valence-corrected chi connectivity index (χ0v) is 14.4. The van der Waals surface area contributed by atoms with Gasteiger partial charge in [-0.3, -0.25) is 9.78 Å². The Hall–Kier alpha value is -3.22. The van der Waals surface area contributed by atoms with Crippen LogP contribution in [0.3, 0.4) is 0 Å². The van der Waals surface area contributed by atoms with Crippen molar-refractivity contribution in [3.05, 3.63) is 58.6 Å². The summed E-state index contributed by atoms with van der Waals surface area (Å²) in [6.45, 7) is 2.75. The summed E-state index contributed by atoms with van der Waals surface area (Å²) in [4.78, 5) is 30.6. The molecule has 0 atom stereocenters. The predicted octanol–water partition coefficient (Wildman–Crippen LogP) is 2.09. The summed E-state index contributed by atoms with van der Waals surface area (Å²) in [5.41, 5.74) is 2.90. The van der Waals surface area contributed by atoms with E-state index in [0.29, 0.717) is 29.8 Å². The van der Waals surface area contributed by atoms with Crippen LogP contribution in [0.25, 0.3) is 11.1 Å². The van der Waals surface area contributed by atoms with Gasteiger partial charge in [0.15, 0.2) is 5.58 Å². The number of anilines is 1. The molecule has 1 amide bonds. The number of benzene rings is 2. The first-order valence-electron chi connectivity index (χ1n) is 8.45. The topological polar surface area (TPSA) is 78.8 Å². The summed E-state index contributed by atoms with van der Waals surface area (Å²) in [6.07, 6.45) is 0. The molecule has 1 N–H and O–H groups in total. The Bertz CT molecular complexity index is 982. The molecular weight excluding hydrogens is 334 g/mol. The summed E-state index contributed by atoms with van der Waals surface area (Å²) < 4.78 is 10.2. The van der Waals surface area contributed by atoms with E-state index < -0.39 is 5.76 Å². The lowest BCUT2D eigenvalue weighted by Gasteiger charge is -2.36. The van der Waals surface area contributed by atoms with Gasteiger partial charge < -0.3 is 19.0 Å². The number of amides is 1. The second kappa shape index (κ2) is 6.59. The number of H-pyrrole nitrogens is 1. The van der Waals surface area contributed by atoms with Crippen molar-refractivity contribution >= 4 is 22.7 Å². The Labute approximate surface area is 149 Å². The minimum atomic E-state index is -0.452. The van der Waals surface area contributed by atoms with Crippen molar-refractivity contribution in [3.63, 3.8) is 0 Å². The van der Waals surface area contributed by atoms with E-state index in [-0.39, 0.29) is 5.91 Å². The second-order valence-corrected chi connectivity index (χ2v) is 6.20. The van der Waals surface area contributed by atoms with Crippen LogP contribution in [-0.4, -0.2) is 49.1 Å². The van der Waals surface area contributed by atoms with Gasteiger partial charge in [0.2, 0.25) is 0 Å². The molecule has 0 saturated carbocycles. The molecule has 0 radical (unpaired) electrons. The Kier molecular flexibility index (Phi) is 4.12. The summed E-state index contributed by atoms with van der Waals surface area (Å²) in [6, 6.07) is 12.8. The highest BCUT2D eigenvalue weighted by atomic mass is 16.5. The lowest BCUT2D eigenvalue weighted by atomic mass is 10.1. The number of aromatic amines is 1. The molecule has 4 rings (SSSR count). The molecule has 0 aliphatic carbocycles. The van der Waals surface area contributed by atoms with Crippen molar-refractivity contribution < 1.29 is 13.9 Å². The Morgan fingerprint density at radius 2 is 1.81 bits per heavy atom. The van der Waals surface area contributed by atoms with Crippen LogP contribution < -0.4 is 15.4 Å². The first-order chi connectivity index (χ1) is 12.6. The third-order valence-electron chi connectivity index (χ3n) is 4.67. The first-order valence-corrected chi connectivity index (χ1v) is 8.45. The van der Waals surface area contributed by atoms with E-state index in [1.165, 1.54) is 0 Å². The Morgan fingerprint density at radius 1 is 1.08 bits per heavy atom. The summed E-state index contributed by atoms with van der Waals surface area (Å²) in [5, 5.41) is 0. The molecule has 2 aromatic carbocycles. The third kappa shape index (κ3) is 3.03. The monoisotopic (exact) mass is 353 g/mol. The molecule has 134 valence electrons. The highest BCUT2D eigenvalue weighted by Gasteiger charge is 2.22. The molecule has 1 fully saturated rings. The van der Waals surface area contributed by atoms with Gasteiger partial charge in [0, 0.05) is 37.4 Å². The van der Waals surface area contributed by atoms with Gasteiger partial charge in [-0.15, -0.1) is 0 Å². The highest BCUT2D eigenvalue weighted by molar-refractivity contribution is 5.94. The van der Waals surface area contributed by atoms with Gasteiger partial charge in [-0.1, -0.05) is 0 Å². The zero-order chi connectivity index (χ0) is 18.1. The molecule has 1 aliphatic rings. The van der Waals surface area contributed by atoms with E-state index in [1.807, 2.05) is 17.0 Å². The maximum Gasteiger partial charge on any atom is 0.417 e. The van der Waals surface area contributed by atoms with Crippen molar-refractivity contribution in [1.29, 1.82) is 0 Å². The summed E-state index contributed by atoms with van der Waals surface area (Å²) in [7, 11) is 1.60. The Balaban J connectivity index is 1.43. The zero-order valence-electron chi connectivity index (χ0n) is 14.4. The fourth-order valence-electron chi connectivity index (χ4n) is 3.22. The number of hydrogen-bond donors (Lipinski definition) is 1. The highest BCUT2D eigenvalue weighted by Crippen LogP contribution is 2.22. The standard InChI is InChI=1S/C19H19N3O4/c1-25-15-5-2-13(3-6-15)18(23)22-10-8-21(9-11-22)14-4-7-17-16(12-14)20-19(24)26-17/h2-7,12H,8-11H2,1H3,(H,20,24). The van der Waals surface area contributed by atoms with E-state index in [0.717, 1.165) is 24.5 Å². The van der Waals surface area contributed by atoms with Crippen LogP contribution >= 0.6 is 0 Å². The van der Waals surface area contributed by atoms with E-state index in [1.54, 1.807) is 37.4 Å². The number of rotatable bonds is 3. The number of carbonyl (C=O) groups is 1. The second-order valence-electron chi connectivity index (χ2n) is 6.20. The minimum absolute atomic E-state index is 0.0296. The van der Waals surface area contributed by atoms with Crippen molar-refractivity contribution in [3.8, 4) is 5.75 Å². The number of nitrogens with zero attached hydrogens (tertiary/aromatic N) is 2. The number of piperazine rings is 1. The van der Waals surface area contributed by atoms with Gasteiger partial charge in [-0.25, -0.2) is 4.79 Å². The molecule has 1 saturated heterocycles. The number of ether oxygens (including phenoxy) is 1. The molecule has 26 heavy (non-hydrogen) atoms. The molecule has 0 bridgehead atoms. The average molecular weight is 353 g/mol. The minimum Gasteiger partial charge on any atom is -0.497 e. The van der Waals surface area contributed by atoms with Crippen molar-refractivity contribution in [2.45, 2.75) is 0 Å². The first kappa shape index (κ1) is 16.3. The predicted molar refractivity (Wildman–Crippen MR) is 97.9 cm³/mol. The normalized spacial score (nSPS) is 14.7. The van der Waals surface area contributed by atoms with E-state index in [4.69, 9.17) is 9.15 Å². The number of oxazole rings is 1. The van der Waals surface area contributed by atoms with Crippen LogP contribution in [0.4, 0.5) is 5.69 Å². The lowest BCUT2D eigenvalue weighted by Crippen LogP contribution is -2.48. The van der Waals surface area contributed by atoms with Gasteiger partial charge in [0.25, 0.3) is 5.91 Å². The number of fused-ring (bicyclic) bond motifs is 1. The van der Waals surface area contributed by atoms with Crippen LogP contribution in [0, 0.1) is 0 Å². The largest absolute Gasteiger partial charge is 0.497 e. The van der Waals surface area contributed by atoms with E-state index in [2.05, 4.69) is 9.88 Å². The molecule has 1 aliphatic heterocycles. The Morgan fingerprint density at radius 3 is 2.50 bits per heavy atom. The summed E-state index contributed by atoms with van der Waals surface area (Å²) >= 11 is 0. The van der Waals surface area contributed by atoms with Gasteiger partial charge >= 0.3 is 5.76 Å². The molecule has 1 aromatic heterocycles. The van der Waals surface area contributed by atoms with Crippen molar-refractivity contribution in [1.82, 2.24) is 9.88 Å². The molecule has 3 aromatic rings. The molecule has 0 spiro atoms. The summed E-state index contributed by atoms with van der Waals surface area (Å²) in [5.74, 6) is 0.313. The van der Waals surface area contributed by atoms with E-state index in [9.17, 15) is 9.59 Å². The average Bonchev–Trinajstić information content (AvgIpc) is 3.07. The van der Waals surface area contributed by atoms with Crippen LogP contribution in [0.1, 0.15) is 10.4 Å². The molecule has 7 heteroatoms. The smallest absolute Gasteiger partial charge is 0.417 e. The van der Waals surface area contributed by atoms with Gasteiger partial charge in [-0.05, 0) is 42.5 Å². The molecule has 2 heterocycles. The maximum atomic E-state index is 12.6. The van der Waals surface area contributed by atoms with Crippen LogP contribution in [0.5, 0.6) is 5.75 Å². The lowest BCUT2D eigenvalue weighted by molar-refractivity contribution is 0.0747. The number of methoxy groups -OCH3 is 1. The number of hydrogen-bond acceptors (Lipinski definition) is 5. The molecule has 7 nitrogen and oxygen atoms in total. The number of nitrogens with one attached hydrogen (secondary N) is 1. The van der Waals surface area contributed by atoms with Crippen molar-refractivity contribution in [2.24, 2.45) is 0 Å². The van der Waals surface area contributed by atoms with Gasteiger partial charge in [0.1, 0.15) is 5.75 Å². The van der Waals surface area contributed by atoms with Crippen LogP contribution in [-0.2, 0) is 0 Å². The number of carbonyl (C=O) groups excluding carboxylic acids is 1. The number of aromatic nitrogens is 1. The van der Waals surface area contributed by atoms with E-state index >= 15 is 0 Å². The SMILES string of the molecule is COc1ccc(C(=O)N2CCN(c3ccc4oc(=O)[nH]c4c3)CC2)cc1. The van der Waals surface area contributed by atoms with Crippen molar-refractivity contribution in [2.75, 3.05) is 38.2 Å². The van der Waals surface area contributed by atoms with Gasteiger partial charge in [0.05, 0.1) is 12.6 Å². The fraction of sp³-hybridized carbons (Fsp3) is 0.263. The fourth-order valence-corrected chi connectivity index (χ4v) is 3.22. The van der Waals surface area contributed by atoms with Crippen LogP contribution in [0.15, 0.2) is 51.7 Å². The van der Waals surface area contributed by atoms with Crippen LogP contribution in [0.2, 0.25) is 0 Å². The maximum absolute atomic E-state index is 12.6. The van der Waals surface area contributed by atoms with Gasteiger partial charge in [-0.2, -0.15) is 0 Å². The third-order valence-corrected chi connectivity index (χ3v) is 4.67.